The standard InChI is InChI=1S/C8H11BO2.2H2O/c1-10-7-3-6(9)4-8(5-7)11-2;;/h3-5H,9H2,1-2H3;2*1H2. The summed E-state index contributed by atoms with van der Waals surface area (Å²) in [5.74, 6) is 1.67. The third kappa shape index (κ3) is 3.82. The molecule has 0 fully saturated rings. The van der Waals surface area contributed by atoms with Gasteiger partial charge in [-0.2, -0.15) is 0 Å². The Kier molecular flexibility index (Phi) is 6.99. The molecule has 5 heteroatoms. The van der Waals surface area contributed by atoms with E-state index < -0.39 is 0 Å². The van der Waals surface area contributed by atoms with Crippen molar-refractivity contribution in [3.8, 4) is 11.5 Å². The van der Waals surface area contributed by atoms with E-state index in [9.17, 15) is 0 Å². The summed E-state index contributed by atoms with van der Waals surface area (Å²) < 4.78 is 10.1. The number of ether oxygens (including phenoxy) is 2. The van der Waals surface area contributed by atoms with Gasteiger partial charge in [0.2, 0.25) is 0 Å². The number of hydrogen-bond acceptors (Lipinski definition) is 2. The summed E-state index contributed by atoms with van der Waals surface area (Å²) in [5.41, 5.74) is 1.14. The summed E-state index contributed by atoms with van der Waals surface area (Å²) in [6.45, 7) is 0. The van der Waals surface area contributed by atoms with Crippen molar-refractivity contribution < 1.29 is 20.4 Å². The van der Waals surface area contributed by atoms with Crippen molar-refractivity contribution in [3.05, 3.63) is 18.2 Å². The summed E-state index contributed by atoms with van der Waals surface area (Å²) in [6, 6.07) is 5.78. The molecule has 0 aliphatic heterocycles. The summed E-state index contributed by atoms with van der Waals surface area (Å²) in [6.07, 6.45) is 0. The Hall–Kier alpha value is -1.20. The summed E-state index contributed by atoms with van der Waals surface area (Å²) in [4.78, 5) is 0. The first-order valence-electron chi connectivity index (χ1n) is 3.46. The minimum atomic E-state index is 0. The molecular formula is C8H15BO4. The minimum absolute atomic E-state index is 0. The van der Waals surface area contributed by atoms with Gasteiger partial charge in [-0.25, -0.2) is 0 Å². The first kappa shape index (κ1) is 14.3. The lowest BCUT2D eigenvalue weighted by Crippen LogP contribution is -2.02. The number of benzene rings is 1. The third-order valence-electron chi connectivity index (χ3n) is 1.50. The Labute approximate surface area is 78.5 Å². The molecule has 1 rings (SSSR count). The normalized spacial score (nSPS) is 7.85. The SMILES string of the molecule is Bc1cc(OC)cc(OC)c1.O.O. The Bertz CT molecular complexity index is 230. The van der Waals surface area contributed by atoms with Crippen LogP contribution in [-0.4, -0.2) is 33.0 Å². The van der Waals surface area contributed by atoms with Crippen molar-refractivity contribution >= 4 is 13.3 Å². The van der Waals surface area contributed by atoms with Crippen LogP contribution in [0.5, 0.6) is 11.5 Å². The molecule has 13 heavy (non-hydrogen) atoms. The highest BCUT2D eigenvalue weighted by molar-refractivity contribution is 6.32. The molecule has 0 spiro atoms. The molecule has 0 unspecified atom stereocenters. The van der Waals surface area contributed by atoms with Crippen LogP contribution >= 0.6 is 0 Å². The lowest BCUT2D eigenvalue weighted by Gasteiger charge is -2.04. The molecule has 0 saturated heterocycles. The molecule has 74 valence electrons. The molecule has 0 radical (unpaired) electrons. The molecule has 1 aromatic carbocycles. The Morgan fingerprint density at radius 3 is 1.62 bits per heavy atom. The van der Waals surface area contributed by atoms with Crippen LogP contribution in [0.1, 0.15) is 0 Å². The smallest absolute Gasteiger partial charge is 0.139 e. The molecule has 4 N–H and O–H groups in total. The van der Waals surface area contributed by atoms with E-state index >= 15 is 0 Å². The highest BCUT2D eigenvalue weighted by Gasteiger charge is 1.96. The van der Waals surface area contributed by atoms with E-state index in [2.05, 4.69) is 0 Å². The molecule has 0 aromatic heterocycles. The van der Waals surface area contributed by atoms with Crippen LogP contribution in [0, 0.1) is 0 Å². The van der Waals surface area contributed by atoms with Gasteiger partial charge in [-0.15, -0.1) is 0 Å². The van der Waals surface area contributed by atoms with Gasteiger partial charge in [0.15, 0.2) is 0 Å². The zero-order chi connectivity index (χ0) is 8.27. The maximum absolute atomic E-state index is 5.06. The van der Waals surface area contributed by atoms with Crippen LogP contribution in [0.15, 0.2) is 18.2 Å². The highest BCUT2D eigenvalue weighted by atomic mass is 16.5. The van der Waals surface area contributed by atoms with Crippen molar-refractivity contribution in [2.45, 2.75) is 0 Å². The monoisotopic (exact) mass is 186 g/mol. The van der Waals surface area contributed by atoms with Crippen molar-refractivity contribution in [1.29, 1.82) is 0 Å². The average molecular weight is 186 g/mol. The van der Waals surface area contributed by atoms with Crippen molar-refractivity contribution in [2.24, 2.45) is 0 Å². The summed E-state index contributed by atoms with van der Waals surface area (Å²) in [7, 11) is 5.30. The van der Waals surface area contributed by atoms with Crippen molar-refractivity contribution in [1.82, 2.24) is 0 Å². The second kappa shape index (κ2) is 6.34. The van der Waals surface area contributed by atoms with Crippen LogP contribution in [0.25, 0.3) is 0 Å². The molecule has 0 aliphatic carbocycles. The predicted molar refractivity (Wildman–Crippen MR) is 55.0 cm³/mol. The lowest BCUT2D eigenvalue weighted by atomic mass is 9.96. The van der Waals surface area contributed by atoms with Gasteiger partial charge >= 0.3 is 0 Å². The second-order valence-corrected chi connectivity index (χ2v) is 2.39. The molecule has 0 amide bonds. The number of rotatable bonds is 2. The fourth-order valence-electron chi connectivity index (χ4n) is 0.950. The zero-order valence-electron chi connectivity index (χ0n) is 8.05. The van der Waals surface area contributed by atoms with Gasteiger partial charge in [-0.1, -0.05) is 5.46 Å². The molecule has 1 aromatic rings. The molecule has 0 atom stereocenters. The molecule has 0 heterocycles. The molecule has 0 aliphatic rings. The minimum Gasteiger partial charge on any atom is -0.497 e. The van der Waals surface area contributed by atoms with E-state index in [-0.39, 0.29) is 11.0 Å². The highest BCUT2D eigenvalue weighted by Crippen LogP contribution is 2.16. The van der Waals surface area contributed by atoms with E-state index in [1.807, 2.05) is 26.0 Å². The van der Waals surface area contributed by atoms with Gasteiger partial charge in [-0.05, 0) is 12.1 Å². The third-order valence-corrected chi connectivity index (χ3v) is 1.50. The fraction of sp³-hybridized carbons (Fsp3) is 0.250. The van der Waals surface area contributed by atoms with Gasteiger partial charge in [0, 0.05) is 6.07 Å². The van der Waals surface area contributed by atoms with E-state index in [1.165, 1.54) is 0 Å². The number of methoxy groups -OCH3 is 2. The quantitative estimate of drug-likeness (QED) is 0.516. The second-order valence-electron chi connectivity index (χ2n) is 2.39. The largest absolute Gasteiger partial charge is 0.497 e. The van der Waals surface area contributed by atoms with Gasteiger partial charge in [0.1, 0.15) is 19.3 Å². The van der Waals surface area contributed by atoms with Crippen LogP contribution < -0.4 is 14.9 Å². The Morgan fingerprint density at radius 2 is 1.31 bits per heavy atom. The van der Waals surface area contributed by atoms with Crippen LogP contribution in [0.3, 0.4) is 0 Å². The Morgan fingerprint density at radius 1 is 0.923 bits per heavy atom. The topological polar surface area (TPSA) is 81.5 Å². The van der Waals surface area contributed by atoms with Crippen molar-refractivity contribution in [2.75, 3.05) is 14.2 Å². The van der Waals surface area contributed by atoms with Gasteiger partial charge in [0.05, 0.1) is 14.2 Å². The maximum atomic E-state index is 5.06. The van der Waals surface area contributed by atoms with E-state index in [0.29, 0.717) is 0 Å². The van der Waals surface area contributed by atoms with Crippen LogP contribution in [0.2, 0.25) is 0 Å². The van der Waals surface area contributed by atoms with E-state index in [4.69, 9.17) is 9.47 Å². The lowest BCUT2D eigenvalue weighted by molar-refractivity contribution is 0.395. The summed E-state index contributed by atoms with van der Waals surface area (Å²) in [5, 5.41) is 0. The fourth-order valence-corrected chi connectivity index (χ4v) is 0.950. The summed E-state index contributed by atoms with van der Waals surface area (Å²) >= 11 is 0. The average Bonchev–Trinajstić information content (AvgIpc) is 2.03. The Balaban J connectivity index is 0. The van der Waals surface area contributed by atoms with Crippen LogP contribution in [-0.2, 0) is 0 Å². The van der Waals surface area contributed by atoms with E-state index in [1.54, 1.807) is 14.2 Å². The van der Waals surface area contributed by atoms with Gasteiger partial charge in [0.25, 0.3) is 0 Å². The zero-order valence-corrected chi connectivity index (χ0v) is 8.05. The van der Waals surface area contributed by atoms with Gasteiger partial charge in [-0.3, -0.25) is 0 Å². The molecule has 4 nitrogen and oxygen atoms in total. The van der Waals surface area contributed by atoms with Crippen LogP contribution in [0.4, 0.5) is 0 Å². The molecule has 0 saturated carbocycles. The molecular weight excluding hydrogens is 171 g/mol. The first-order valence-corrected chi connectivity index (χ1v) is 3.46. The molecule has 0 bridgehead atoms. The maximum Gasteiger partial charge on any atom is 0.139 e. The van der Waals surface area contributed by atoms with Gasteiger partial charge < -0.3 is 20.4 Å². The van der Waals surface area contributed by atoms with Crippen molar-refractivity contribution in [3.63, 3.8) is 0 Å². The number of hydrogen-bond donors (Lipinski definition) is 0. The van der Waals surface area contributed by atoms with E-state index in [0.717, 1.165) is 17.0 Å². The first-order chi connectivity index (χ1) is 5.26. The predicted octanol–water partition coefficient (Wildman–Crippen LogP) is -1.69.